The second-order valence-electron chi connectivity index (χ2n) is 11.6. The van der Waals surface area contributed by atoms with Gasteiger partial charge in [0, 0.05) is 0 Å². The number of aliphatic hydroxyl groups is 2. The van der Waals surface area contributed by atoms with E-state index in [2.05, 4.69) is 13.8 Å². The van der Waals surface area contributed by atoms with E-state index in [1.54, 1.807) is 0 Å². The van der Waals surface area contributed by atoms with Crippen molar-refractivity contribution in [3.63, 3.8) is 0 Å². The van der Waals surface area contributed by atoms with Crippen molar-refractivity contribution >= 4 is 0 Å². The first-order valence-electron chi connectivity index (χ1n) is 16.6. The Morgan fingerprint density at radius 1 is 0.314 bits per heavy atom. The van der Waals surface area contributed by atoms with Crippen molar-refractivity contribution in [2.75, 3.05) is 0 Å². The zero-order valence-corrected chi connectivity index (χ0v) is 24.6. The molecule has 0 bridgehead atoms. The van der Waals surface area contributed by atoms with E-state index in [1.165, 1.54) is 154 Å². The predicted molar refractivity (Wildman–Crippen MR) is 157 cm³/mol. The lowest BCUT2D eigenvalue weighted by molar-refractivity contribution is 0.0680. The highest BCUT2D eigenvalue weighted by molar-refractivity contribution is 4.64. The van der Waals surface area contributed by atoms with E-state index < -0.39 is 0 Å². The van der Waals surface area contributed by atoms with E-state index >= 15 is 0 Å². The van der Waals surface area contributed by atoms with Crippen LogP contribution in [0.4, 0.5) is 0 Å². The second-order valence-corrected chi connectivity index (χ2v) is 11.6. The third-order valence-electron chi connectivity index (χ3n) is 7.83. The standard InChI is InChI=1S/C33H68O2/c1-3-5-7-9-10-11-12-13-14-15-16-17-18-19-20-21-22-23-24-26-28-30-33(35)31-32(34)29-27-25-8-6-4-2/h32-35H,3-31H2,1-2H3/t32-,33+/m1/s1. The summed E-state index contributed by atoms with van der Waals surface area (Å²) in [5.41, 5.74) is 0. The van der Waals surface area contributed by atoms with Crippen LogP contribution in [0.15, 0.2) is 0 Å². The highest BCUT2D eigenvalue weighted by Crippen LogP contribution is 2.17. The Morgan fingerprint density at radius 3 is 0.743 bits per heavy atom. The molecule has 0 heterocycles. The van der Waals surface area contributed by atoms with Crippen LogP contribution >= 0.6 is 0 Å². The van der Waals surface area contributed by atoms with Crippen molar-refractivity contribution < 1.29 is 10.2 Å². The Morgan fingerprint density at radius 2 is 0.514 bits per heavy atom. The van der Waals surface area contributed by atoms with Crippen LogP contribution in [0.1, 0.15) is 200 Å². The quantitative estimate of drug-likeness (QED) is 0.0970. The Labute approximate surface area is 222 Å². The lowest BCUT2D eigenvalue weighted by atomic mass is 9.99. The average Bonchev–Trinajstić information content (AvgIpc) is 2.84. The van der Waals surface area contributed by atoms with Gasteiger partial charge in [0.05, 0.1) is 12.2 Å². The first kappa shape index (κ1) is 34.9. The van der Waals surface area contributed by atoms with Crippen LogP contribution in [0.2, 0.25) is 0 Å². The topological polar surface area (TPSA) is 40.5 Å². The molecule has 0 aromatic heterocycles. The van der Waals surface area contributed by atoms with E-state index in [0.29, 0.717) is 6.42 Å². The molecular formula is C33H68O2. The van der Waals surface area contributed by atoms with Gasteiger partial charge in [0.2, 0.25) is 0 Å². The summed E-state index contributed by atoms with van der Waals surface area (Å²) in [6.45, 7) is 4.52. The van der Waals surface area contributed by atoms with Gasteiger partial charge in [0.1, 0.15) is 0 Å². The molecule has 0 aromatic rings. The fourth-order valence-electron chi connectivity index (χ4n) is 5.35. The van der Waals surface area contributed by atoms with Crippen LogP contribution in [0.3, 0.4) is 0 Å². The fraction of sp³-hybridized carbons (Fsp3) is 1.00. The minimum Gasteiger partial charge on any atom is -0.393 e. The molecule has 0 spiro atoms. The van der Waals surface area contributed by atoms with Crippen LogP contribution in [0.25, 0.3) is 0 Å². The summed E-state index contributed by atoms with van der Waals surface area (Å²) in [4.78, 5) is 0. The Hall–Kier alpha value is -0.0800. The second kappa shape index (κ2) is 30.1. The summed E-state index contributed by atoms with van der Waals surface area (Å²) in [6.07, 6.45) is 37.4. The van der Waals surface area contributed by atoms with Crippen molar-refractivity contribution in [1.82, 2.24) is 0 Å². The fourth-order valence-corrected chi connectivity index (χ4v) is 5.35. The largest absolute Gasteiger partial charge is 0.393 e. The molecule has 0 rings (SSSR count). The summed E-state index contributed by atoms with van der Waals surface area (Å²) in [5.74, 6) is 0. The van der Waals surface area contributed by atoms with Crippen LogP contribution in [0, 0.1) is 0 Å². The lowest BCUT2D eigenvalue weighted by Gasteiger charge is -2.15. The van der Waals surface area contributed by atoms with E-state index in [-0.39, 0.29) is 12.2 Å². The van der Waals surface area contributed by atoms with Crippen LogP contribution in [-0.2, 0) is 0 Å². The molecule has 0 aliphatic rings. The molecule has 2 nitrogen and oxygen atoms in total. The first-order chi connectivity index (χ1) is 17.2. The molecule has 2 atom stereocenters. The number of unbranched alkanes of at least 4 members (excludes halogenated alkanes) is 24. The van der Waals surface area contributed by atoms with Gasteiger partial charge in [0.15, 0.2) is 0 Å². The summed E-state index contributed by atoms with van der Waals surface area (Å²) in [7, 11) is 0. The zero-order chi connectivity index (χ0) is 25.7. The van der Waals surface area contributed by atoms with E-state index in [9.17, 15) is 10.2 Å². The highest BCUT2D eigenvalue weighted by atomic mass is 16.3. The molecule has 0 fully saturated rings. The first-order valence-corrected chi connectivity index (χ1v) is 16.6. The molecule has 0 saturated carbocycles. The molecular weight excluding hydrogens is 428 g/mol. The molecule has 0 aliphatic heterocycles. The molecule has 0 aliphatic carbocycles. The van der Waals surface area contributed by atoms with Crippen LogP contribution < -0.4 is 0 Å². The Kier molecular flexibility index (Phi) is 30.1. The number of hydrogen-bond acceptors (Lipinski definition) is 2. The van der Waals surface area contributed by atoms with Crippen LogP contribution in [-0.4, -0.2) is 22.4 Å². The van der Waals surface area contributed by atoms with Crippen LogP contribution in [0.5, 0.6) is 0 Å². The van der Waals surface area contributed by atoms with Gasteiger partial charge in [-0.05, 0) is 19.3 Å². The van der Waals surface area contributed by atoms with E-state index in [0.717, 1.165) is 25.7 Å². The SMILES string of the molecule is CCCCCCCCCCCCCCCCCCCCCCC[C@H](O)C[C@H](O)CCCCCCC. The van der Waals surface area contributed by atoms with Crippen molar-refractivity contribution in [2.24, 2.45) is 0 Å². The predicted octanol–water partition coefficient (Wildman–Crippen LogP) is 11.1. The third kappa shape index (κ3) is 30.0. The molecule has 212 valence electrons. The summed E-state index contributed by atoms with van der Waals surface area (Å²) >= 11 is 0. The molecule has 0 amide bonds. The minimum atomic E-state index is -0.305. The maximum Gasteiger partial charge on any atom is 0.0564 e. The Bertz CT molecular complexity index is 370. The summed E-state index contributed by atoms with van der Waals surface area (Å²) in [6, 6.07) is 0. The maximum atomic E-state index is 10.2. The summed E-state index contributed by atoms with van der Waals surface area (Å²) in [5, 5.41) is 20.2. The van der Waals surface area contributed by atoms with Gasteiger partial charge >= 0.3 is 0 Å². The van der Waals surface area contributed by atoms with Gasteiger partial charge in [-0.1, -0.05) is 181 Å². The number of hydrogen-bond donors (Lipinski definition) is 2. The van der Waals surface area contributed by atoms with Crippen molar-refractivity contribution in [3.05, 3.63) is 0 Å². The van der Waals surface area contributed by atoms with Gasteiger partial charge in [0.25, 0.3) is 0 Å². The van der Waals surface area contributed by atoms with Gasteiger partial charge < -0.3 is 10.2 Å². The number of aliphatic hydroxyl groups excluding tert-OH is 2. The lowest BCUT2D eigenvalue weighted by Crippen LogP contribution is -2.17. The molecule has 35 heavy (non-hydrogen) atoms. The normalized spacial score (nSPS) is 13.4. The molecule has 2 N–H and O–H groups in total. The van der Waals surface area contributed by atoms with Gasteiger partial charge in [-0.25, -0.2) is 0 Å². The van der Waals surface area contributed by atoms with Gasteiger partial charge in [-0.15, -0.1) is 0 Å². The monoisotopic (exact) mass is 497 g/mol. The molecule has 2 heteroatoms. The maximum absolute atomic E-state index is 10.2. The van der Waals surface area contributed by atoms with Crippen molar-refractivity contribution in [2.45, 2.75) is 212 Å². The average molecular weight is 497 g/mol. The number of rotatable bonds is 30. The van der Waals surface area contributed by atoms with Crippen molar-refractivity contribution in [1.29, 1.82) is 0 Å². The minimum absolute atomic E-state index is 0.304. The molecule has 0 saturated heterocycles. The molecule has 0 aromatic carbocycles. The van der Waals surface area contributed by atoms with Crippen molar-refractivity contribution in [3.8, 4) is 0 Å². The van der Waals surface area contributed by atoms with Gasteiger partial charge in [-0.3, -0.25) is 0 Å². The smallest absolute Gasteiger partial charge is 0.0564 e. The molecule has 0 unspecified atom stereocenters. The van der Waals surface area contributed by atoms with E-state index in [4.69, 9.17) is 0 Å². The molecule has 0 radical (unpaired) electrons. The highest BCUT2D eigenvalue weighted by Gasteiger charge is 2.11. The summed E-state index contributed by atoms with van der Waals surface area (Å²) < 4.78 is 0. The Balaban J connectivity index is 3.18. The van der Waals surface area contributed by atoms with Gasteiger partial charge in [-0.2, -0.15) is 0 Å². The van der Waals surface area contributed by atoms with E-state index in [1.807, 2.05) is 0 Å². The zero-order valence-electron chi connectivity index (χ0n) is 24.6. The third-order valence-corrected chi connectivity index (χ3v) is 7.83.